The number of rotatable bonds is 7. The highest BCUT2D eigenvalue weighted by atomic mass is 35.5. The van der Waals surface area contributed by atoms with Gasteiger partial charge in [0, 0.05) is 25.2 Å². The van der Waals surface area contributed by atoms with Gasteiger partial charge in [-0.1, -0.05) is 17.7 Å². The Kier molecular flexibility index (Phi) is 7.07. The van der Waals surface area contributed by atoms with Crippen molar-refractivity contribution in [2.24, 2.45) is 5.73 Å². The van der Waals surface area contributed by atoms with Gasteiger partial charge in [0.15, 0.2) is 0 Å². The zero-order valence-electron chi connectivity index (χ0n) is 12.4. The van der Waals surface area contributed by atoms with E-state index in [1.54, 1.807) is 0 Å². The average Bonchev–Trinajstić information content (AvgIpc) is 2.44. The maximum absolute atomic E-state index is 13.1. The van der Waals surface area contributed by atoms with E-state index in [0.29, 0.717) is 18.7 Å². The molecule has 122 valence electrons. The number of carbonyl (C=O) groups is 2. The first-order valence-electron chi connectivity index (χ1n) is 6.62. The van der Waals surface area contributed by atoms with Crippen molar-refractivity contribution in [1.29, 1.82) is 0 Å². The van der Waals surface area contributed by atoms with Crippen molar-refractivity contribution in [2.75, 3.05) is 20.3 Å². The lowest BCUT2D eigenvalue weighted by Gasteiger charge is -2.26. The van der Waals surface area contributed by atoms with Gasteiger partial charge in [0.25, 0.3) is 0 Å². The van der Waals surface area contributed by atoms with E-state index in [4.69, 9.17) is 22.1 Å². The van der Waals surface area contributed by atoms with E-state index in [9.17, 15) is 14.0 Å². The number of ether oxygens (including phenoxy) is 1. The summed E-state index contributed by atoms with van der Waals surface area (Å²) in [7, 11) is 1.51. The molecule has 1 rings (SSSR count). The maximum atomic E-state index is 13.1. The van der Waals surface area contributed by atoms with Crippen molar-refractivity contribution in [1.82, 2.24) is 10.2 Å². The molecule has 0 saturated carbocycles. The third kappa shape index (κ3) is 5.50. The molecule has 0 radical (unpaired) electrons. The summed E-state index contributed by atoms with van der Waals surface area (Å²) < 4.78 is 18.0. The number of nitrogens with zero attached hydrogens (tertiary/aromatic N) is 1. The number of amides is 3. The van der Waals surface area contributed by atoms with Crippen LogP contribution in [0.5, 0.6) is 0 Å². The number of hydrogen-bond donors (Lipinski definition) is 2. The van der Waals surface area contributed by atoms with Gasteiger partial charge in [-0.25, -0.2) is 9.18 Å². The van der Waals surface area contributed by atoms with Crippen molar-refractivity contribution in [3.8, 4) is 0 Å². The Bertz CT molecular complexity index is 542. The van der Waals surface area contributed by atoms with Crippen molar-refractivity contribution < 1.29 is 18.7 Å². The summed E-state index contributed by atoms with van der Waals surface area (Å²) in [4.78, 5) is 24.7. The minimum Gasteiger partial charge on any atom is -0.383 e. The van der Waals surface area contributed by atoms with E-state index in [0.717, 1.165) is 0 Å². The van der Waals surface area contributed by atoms with Gasteiger partial charge in [0.1, 0.15) is 11.9 Å². The van der Waals surface area contributed by atoms with Crippen LogP contribution in [0.4, 0.5) is 9.18 Å². The third-order valence-electron chi connectivity index (χ3n) is 2.98. The second-order valence-electron chi connectivity index (χ2n) is 4.72. The minimum atomic E-state index is -0.785. The summed E-state index contributed by atoms with van der Waals surface area (Å²) in [6.45, 7) is 2.31. The number of carbonyl (C=O) groups excluding carboxylic acids is 2. The zero-order chi connectivity index (χ0) is 16.7. The predicted octanol–water partition coefficient (Wildman–Crippen LogP) is 1.51. The van der Waals surface area contributed by atoms with Gasteiger partial charge in [-0.3, -0.25) is 4.79 Å². The SMILES string of the molecule is COCCN(Cc1ccc(F)cc1Cl)C(=O)[C@H](C)NC(N)=O. The average molecular weight is 332 g/mol. The molecule has 8 heteroatoms. The van der Waals surface area contributed by atoms with Gasteiger partial charge in [0.2, 0.25) is 5.91 Å². The molecule has 6 nitrogen and oxygen atoms in total. The van der Waals surface area contributed by atoms with E-state index in [1.165, 1.54) is 37.1 Å². The number of hydrogen-bond acceptors (Lipinski definition) is 3. The molecule has 3 amide bonds. The number of benzene rings is 1. The molecule has 0 spiro atoms. The summed E-state index contributed by atoms with van der Waals surface area (Å²) in [6.07, 6.45) is 0. The first kappa shape index (κ1) is 18.2. The van der Waals surface area contributed by atoms with E-state index < -0.39 is 17.9 Å². The molecule has 0 heterocycles. The second-order valence-corrected chi connectivity index (χ2v) is 5.13. The van der Waals surface area contributed by atoms with Crippen molar-refractivity contribution in [3.05, 3.63) is 34.6 Å². The molecule has 0 aliphatic rings. The number of halogens is 2. The molecule has 3 N–H and O–H groups in total. The Balaban J connectivity index is 2.87. The fourth-order valence-electron chi connectivity index (χ4n) is 1.87. The summed E-state index contributed by atoms with van der Waals surface area (Å²) in [5, 5.41) is 2.55. The summed E-state index contributed by atoms with van der Waals surface area (Å²) >= 11 is 5.98. The number of methoxy groups -OCH3 is 1. The van der Waals surface area contributed by atoms with Gasteiger partial charge >= 0.3 is 6.03 Å². The molecule has 1 aromatic carbocycles. The molecular formula is C14H19ClFN3O3. The highest BCUT2D eigenvalue weighted by molar-refractivity contribution is 6.31. The Morgan fingerprint density at radius 3 is 2.73 bits per heavy atom. The number of nitrogens with two attached hydrogens (primary N) is 1. The monoisotopic (exact) mass is 331 g/mol. The minimum absolute atomic E-state index is 0.173. The first-order chi connectivity index (χ1) is 10.3. The summed E-state index contributed by atoms with van der Waals surface area (Å²) in [6, 6.07) is 2.39. The molecule has 0 aliphatic heterocycles. The molecule has 0 unspecified atom stereocenters. The van der Waals surface area contributed by atoms with Crippen LogP contribution in [-0.4, -0.2) is 43.1 Å². The summed E-state index contributed by atoms with van der Waals surface area (Å²) in [5.41, 5.74) is 5.61. The number of primary amides is 1. The van der Waals surface area contributed by atoms with Crippen molar-refractivity contribution in [2.45, 2.75) is 19.5 Å². The van der Waals surface area contributed by atoms with E-state index in [-0.39, 0.29) is 17.5 Å². The standard InChI is InChI=1S/C14H19ClFN3O3/c1-9(18-14(17)21)13(20)19(5-6-22-2)8-10-3-4-11(16)7-12(10)15/h3-4,7,9H,5-6,8H2,1-2H3,(H3,17,18,21)/t9-/m0/s1. The van der Waals surface area contributed by atoms with Crippen molar-refractivity contribution >= 4 is 23.5 Å². The van der Waals surface area contributed by atoms with Crippen LogP contribution in [0.2, 0.25) is 5.02 Å². The van der Waals surface area contributed by atoms with Crippen molar-refractivity contribution in [3.63, 3.8) is 0 Å². The fourth-order valence-corrected chi connectivity index (χ4v) is 2.10. The first-order valence-corrected chi connectivity index (χ1v) is 7.00. The smallest absolute Gasteiger partial charge is 0.312 e. The van der Waals surface area contributed by atoms with E-state index in [1.807, 2.05) is 0 Å². The van der Waals surface area contributed by atoms with Crippen LogP contribution < -0.4 is 11.1 Å². The topological polar surface area (TPSA) is 84.7 Å². The molecular weight excluding hydrogens is 313 g/mol. The molecule has 1 atom stereocenters. The van der Waals surface area contributed by atoms with Crippen LogP contribution in [0.3, 0.4) is 0 Å². The number of urea groups is 1. The van der Waals surface area contributed by atoms with Gasteiger partial charge in [0.05, 0.1) is 6.61 Å². The van der Waals surface area contributed by atoms with Crippen LogP contribution in [0.1, 0.15) is 12.5 Å². The van der Waals surface area contributed by atoms with Gasteiger partial charge in [-0.15, -0.1) is 0 Å². The highest BCUT2D eigenvalue weighted by Gasteiger charge is 2.22. The molecule has 0 aliphatic carbocycles. The molecule has 1 aromatic rings. The lowest BCUT2D eigenvalue weighted by atomic mass is 10.2. The summed E-state index contributed by atoms with van der Waals surface area (Å²) in [5.74, 6) is -0.788. The second kappa shape index (κ2) is 8.55. The van der Waals surface area contributed by atoms with E-state index in [2.05, 4.69) is 5.32 Å². The Morgan fingerprint density at radius 1 is 1.50 bits per heavy atom. The molecule has 0 saturated heterocycles. The van der Waals surface area contributed by atoms with Gasteiger partial charge < -0.3 is 20.7 Å². The van der Waals surface area contributed by atoms with E-state index >= 15 is 0 Å². The quantitative estimate of drug-likeness (QED) is 0.794. The molecule has 0 aromatic heterocycles. The van der Waals surface area contributed by atoms with Gasteiger partial charge in [-0.05, 0) is 24.6 Å². The third-order valence-corrected chi connectivity index (χ3v) is 3.33. The van der Waals surface area contributed by atoms with Crippen LogP contribution in [-0.2, 0) is 16.1 Å². The van der Waals surface area contributed by atoms with Crippen LogP contribution >= 0.6 is 11.6 Å². The number of nitrogens with one attached hydrogen (secondary N) is 1. The zero-order valence-corrected chi connectivity index (χ0v) is 13.2. The Hall–Kier alpha value is -1.86. The Labute approximate surface area is 133 Å². The molecule has 0 fully saturated rings. The highest BCUT2D eigenvalue weighted by Crippen LogP contribution is 2.19. The van der Waals surface area contributed by atoms with Crippen LogP contribution in [0, 0.1) is 5.82 Å². The lowest BCUT2D eigenvalue weighted by molar-refractivity contribution is -0.134. The molecule has 0 bridgehead atoms. The normalized spacial score (nSPS) is 11.8. The van der Waals surface area contributed by atoms with Crippen LogP contribution in [0.15, 0.2) is 18.2 Å². The lowest BCUT2D eigenvalue weighted by Crippen LogP contribution is -2.49. The van der Waals surface area contributed by atoms with Gasteiger partial charge in [-0.2, -0.15) is 0 Å². The molecule has 22 heavy (non-hydrogen) atoms. The fraction of sp³-hybridized carbons (Fsp3) is 0.429. The van der Waals surface area contributed by atoms with Crippen LogP contribution in [0.25, 0.3) is 0 Å². The Morgan fingerprint density at radius 2 is 2.18 bits per heavy atom. The largest absolute Gasteiger partial charge is 0.383 e. The predicted molar refractivity (Wildman–Crippen MR) is 80.9 cm³/mol. The maximum Gasteiger partial charge on any atom is 0.312 e.